The van der Waals surface area contributed by atoms with Crippen LogP contribution in [0.5, 0.6) is 5.75 Å². The minimum atomic E-state index is -0.363. The smallest absolute Gasteiger partial charge is 0.256 e. The van der Waals surface area contributed by atoms with Gasteiger partial charge in [0.1, 0.15) is 5.00 Å². The van der Waals surface area contributed by atoms with Crippen molar-refractivity contribution in [1.82, 2.24) is 5.32 Å². The standard InChI is InChI=1S/C26H32Cl2N2O4S/c1-2-3-6-11-34-23-19(27)13-16(14-20(23)28)24(31)30-26-22(18-9-4-5-10-21(18)35-26)25(32)29-15-17-8-7-12-33-17/h13-14,17H,2-12,15H2,1H3,(H,29,32)(H,30,31). The maximum atomic E-state index is 13.2. The van der Waals surface area contributed by atoms with E-state index in [1.54, 1.807) is 12.1 Å². The summed E-state index contributed by atoms with van der Waals surface area (Å²) in [6.07, 6.45) is 8.96. The highest BCUT2D eigenvalue weighted by atomic mass is 35.5. The molecule has 1 fully saturated rings. The van der Waals surface area contributed by atoms with Gasteiger partial charge in [-0.15, -0.1) is 11.3 Å². The Kier molecular flexibility index (Phi) is 9.34. The van der Waals surface area contributed by atoms with Crippen molar-refractivity contribution < 1.29 is 19.1 Å². The second kappa shape index (κ2) is 12.4. The van der Waals surface area contributed by atoms with Gasteiger partial charge >= 0.3 is 0 Å². The van der Waals surface area contributed by atoms with Crippen LogP contribution in [-0.4, -0.2) is 37.7 Å². The van der Waals surface area contributed by atoms with Crippen LogP contribution in [0.1, 0.15) is 83.0 Å². The minimum Gasteiger partial charge on any atom is -0.490 e. The van der Waals surface area contributed by atoms with E-state index in [2.05, 4.69) is 17.6 Å². The number of nitrogens with one attached hydrogen (secondary N) is 2. The van der Waals surface area contributed by atoms with E-state index >= 15 is 0 Å². The largest absolute Gasteiger partial charge is 0.490 e. The van der Waals surface area contributed by atoms with Gasteiger partial charge in [-0.2, -0.15) is 0 Å². The van der Waals surface area contributed by atoms with E-state index in [0.29, 0.717) is 45.1 Å². The van der Waals surface area contributed by atoms with Crippen molar-refractivity contribution in [2.45, 2.75) is 70.8 Å². The number of rotatable bonds is 10. The SMILES string of the molecule is CCCCCOc1c(Cl)cc(C(=O)Nc2sc3c(c2C(=O)NCC2CCCO2)CCCC3)cc1Cl. The van der Waals surface area contributed by atoms with E-state index in [1.807, 2.05) is 0 Å². The van der Waals surface area contributed by atoms with E-state index < -0.39 is 0 Å². The molecule has 6 nitrogen and oxygen atoms in total. The molecule has 190 valence electrons. The summed E-state index contributed by atoms with van der Waals surface area (Å²) >= 11 is 14.3. The van der Waals surface area contributed by atoms with Crippen LogP contribution >= 0.6 is 34.5 Å². The molecule has 2 aliphatic rings. The molecule has 1 atom stereocenters. The fraction of sp³-hybridized carbons (Fsp3) is 0.538. The molecule has 35 heavy (non-hydrogen) atoms. The summed E-state index contributed by atoms with van der Waals surface area (Å²) < 4.78 is 11.4. The van der Waals surface area contributed by atoms with Crippen molar-refractivity contribution in [2.24, 2.45) is 0 Å². The number of hydrogen-bond acceptors (Lipinski definition) is 5. The first kappa shape index (κ1) is 26.3. The second-order valence-electron chi connectivity index (χ2n) is 9.04. The summed E-state index contributed by atoms with van der Waals surface area (Å²) in [5.41, 5.74) is 1.94. The first-order valence-electron chi connectivity index (χ1n) is 12.5. The van der Waals surface area contributed by atoms with Crippen molar-refractivity contribution >= 4 is 51.4 Å². The zero-order chi connectivity index (χ0) is 24.8. The molecule has 0 spiro atoms. The zero-order valence-corrected chi connectivity index (χ0v) is 22.3. The molecule has 0 radical (unpaired) electrons. The first-order valence-corrected chi connectivity index (χ1v) is 14.0. The van der Waals surface area contributed by atoms with Gasteiger partial charge in [-0.25, -0.2) is 0 Å². The molecule has 1 aliphatic heterocycles. The molecular weight excluding hydrogens is 507 g/mol. The number of ether oxygens (including phenoxy) is 2. The van der Waals surface area contributed by atoms with Crippen LogP contribution in [0.4, 0.5) is 5.00 Å². The maximum absolute atomic E-state index is 13.2. The predicted molar refractivity (Wildman–Crippen MR) is 142 cm³/mol. The third kappa shape index (κ3) is 6.50. The lowest BCUT2D eigenvalue weighted by molar-refractivity contribution is 0.0858. The molecular formula is C26H32Cl2N2O4S. The number of aryl methyl sites for hydroxylation is 1. The van der Waals surface area contributed by atoms with E-state index in [4.69, 9.17) is 32.7 Å². The Hall–Kier alpha value is -1.80. The monoisotopic (exact) mass is 538 g/mol. The van der Waals surface area contributed by atoms with Crippen molar-refractivity contribution in [3.05, 3.63) is 43.7 Å². The number of hydrogen-bond donors (Lipinski definition) is 2. The summed E-state index contributed by atoms with van der Waals surface area (Å²) in [6, 6.07) is 3.12. The average molecular weight is 540 g/mol. The molecule has 0 bridgehead atoms. The number of carbonyl (C=O) groups is 2. The Morgan fingerprint density at radius 2 is 1.89 bits per heavy atom. The van der Waals surface area contributed by atoms with Gasteiger partial charge in [0.05, 0.1) is 28.3 Å². The van der Waals surface area contributed by atoms with Crippen LogP contribution in [-0.2, 0) is 17.6 Å². The number of unbranched alkanes of at least 4 members (excludes halogenated alkanes) is 2. The summed E-state index contributed by atoms with van der Waals surface area (Å²) in [5.74, 6) is -0.137. The van der Waals surface area contributed by atoms with Crippen LogP contribution in [0.15, 0.2) is 12.1 Å². The molecule has 2 aromatic rings. The molecule has 2 amide bonds. The summed E-state index contributed by atoms with van der Waals surface area (Å²) in [5, 5.41) is 7.12. The molecule has 1 unspecified atom stereocenters. The number of amides is 2. The summed E-state index contributed by atoms with van der Waals surface area (Å²) in [4.78, 5) is 27.5. The molecule has 9 heteroatoms. The lowest BCUT2D eigenvalue weighted by Crippen LogP contribution is -2.32. The normalized spacial score (nSPS) is 17.2. The third-order valence-corrected chi connectivity index (χ3v) is 8.16. The van der Waals surface area contributed by atoms with Gasteiger partial charge in [-0.05, 0) is 62.6 Å². The Labute approximate surface area is 220 Å². The molecule has 1 aliphatic carbocycles. The van der Waals surface area contributed by atoms with Gasteiger partial charge in [0.2, 0.25) is 0 Å². The molecule has 4 rings (SSSR count). The number of thiophene rings is 1. The van der Waals surface area contributed by atoms with Gasteiger partial charge in [-0.1, -0.05) is 43.0 Å². The number of fused-ring (bicyclic) bond motifs is 1. The molecule has 2 N–H and O–H groups in total. The highest BCUT2D eigenvalue weighted by molar-refractivity contribution is 7.17. The fourth-order valence-electron chi connectivity index (χ4n) is 4.52. The van der Waals surface area contributed by atoms with Gasteiger partial charge in [0, 0.05) is 23.6 Å². The average Bonchev–Trinajstić information content (AvgIpc) is 3.49. The molecule has 1 aromatic carbocycles. The second-order valence-corrected chi connectivity index (χ2v) is 11.0. The Morgan fingerprint density at radius 1 is 1.11 bits per heavy atom. The van der Waals surface area contributed by atoms with Gasteiger partial charge in [0.25, 0.3) is 11.8 Å². The summed E-state index contributed by atoms with van der Waals surface area (Å²) in [6.45, 7) is 3.85. The number of benzene rings is 1. The minimum absolute atomic E-state index is 0.0541. The Morgan fingerprint density at radius 3 is 2.60 bits per heavy atom. The van der Waals surface area contributed by atoms with Crippen molar-refractivity contribution in [3.8, 4) is 5.75 Å². The summed E-state index contributed by atoms with van der Waals surface area (Å²) in [7, 11) is 0. The molecule has 1 saturated heterocycles. The van der Waals surface area contributed by atoms with Gasteiger partial charge in [0.15, 0.2) is 5.75 Å². The first-order chi connectivity index (χ1) is 17.0. The lowest BCUT2D eigenvalue weighted by atomic mass is 9.95. The molecule has 0 saturated carbocycles. The van der Waals surface area contributed by atoms with E-state index in [9.17, 15) is 9.59 Å². The van der Waals surface area contributed by atoms with Gasteiger partial charge in [-0.3, -0.25) is 9.59 Å². The van der Waals surface area contributed by atoms with Crippen molar-refractivity contribution in [1.29, 1.82) is 0 Å². The predicted octanol–water partition coefficient (Wildman–Crippen LogP) is 6.66. The lowest BCUT2D eigenvalue weighted by Gasteiger charge is -2.15. The van der Waals surface area contributed by atoms with E-state index in [0.717, 1.165) is 70.0 Å². The zero-order valence-electron chi connectivity index (χ0n) is 20.0. The topological polar surface area (TPSA) is 76.7 Å². The molecule has 1 aromatic heterocycles. The third-order valence-electron chi connectivity index (χ3n) is 6.39. The van der Waals surface area contributed by atoms with Gasteiger partial charge < -0.3 is 20.1 Å². The van der Waals surface area contributed by atoms with Crippen LogP contribution < -0.4 is 15.4 Å². The number of anilines is 1. The van der Waals surface area contributed by atoms with Crippen LogP contribution in [0, 0.1) is 0 Å². The highest BCUT2D eigenvalue weighted by Crippen LogP contribution is 2.39. The van der Waals surface area contributed by atoms with Crippen LogP contribution in [0.3, 0.4) is 0 Å². The van der Waals surface area contributed by atoms with Crippen LogP contribution in [0.2, 0.25) is 10.0 Å². The quantitative estimate of drug-likeness (QED) is 0.331. The number of halogens is 2. The van der Waals surface area contributed by atoms with E-state index in [1.165, 1.54) is 16.2 Å². The van der Waals surface area contributed by atoms with Crippen molar-refractivity contribution in [3.63, 3.8) is 0 Å². The maximum Gasteiger partial charge on any atom is 0.256 e. The molecule has 2 heterocycles. The fourth-order valence-corrected chi connectivity index (χ4v) is 6.40. The van der Waals surface area contributed by atoms with Crippen molar-refractivity contribution in [2.75, 3.05) is 25.1 Å². The Bertz CT molecular complexity index is 1040. The number of carbonyl (C=O) groups excluding carboxylic acids is 2. The van der Waals surface area contributed by atoms with E-state index in [-0.39, 0.29) is 17.9 Å². The van der Waals surface area contributed by atoms with Crippen LogP contribution in [0.25, 0.3) is 0 Å². The highest BCUT2D eigenvalue weighted by Gasteiger charge is 2.28. The Balaban J connectivity index is 1.50.